The minimum Gasteiger partial charge on any atom is -1.00 e. The van der Waals surface area contributed by atoms with E-state index in [1.165, 1.54) is 97.0 Å². The van der Waals surface area contributed by atoms with Crippen LogP contribution in [-0.4, -0.2) is 57.6 Å². The maximum absolute atomic E-state index is 11.6. The maximum Gasteiger partial charge on any atom is 0.407 e. The van der Waals surface area contributed by atoms with Crippen molar-refractivity contribution in [2.75, 3.05) is 33.4 Å². The third-order valence-electron chi connectivity index (χ3n) is 7.35. The molecule has 0 aliphatic carbocycles. The number of halogens is 2. The fourth-order valence-corrected chi connectivity index (χ4v) is 4.84. The Balaban J connectivity index is 0. The standard InChI is InChI=1S/C24H48N2O5.C10H13ClN2O.HI/c1-3-4-5-6-7-8-9-10-11-12-13-14-15-16-17-18-19-26-24(28)31-21-22(29-2)20-30-23(25)27;1-3-12-10(14)8-5-6-9(11)13(4-2)7-8;/h22H,3-21H2,1-2H3,(H2,25,27)(H,26,28);5-7H,3-4H2,1-2H3;1H. The molecule has 0 aromatic carbocycles. The lowest BCUT2D eigenvalue weighted by molar-refractivity contribution is -0.691. The van der Waals surface area contributed by atoms with Crippen LogP contribution >= 0.6 is 11.6 Å². The van der Waals surface area contributed by atoms with E-state index in [0.717, 1.165) is 19.4 Å². The van der Waals surface area contributed by atoms with Gasteiger partial charge in [-0.15, -0.1) is 0 Å². The number of methoxy groups -OCH3 is 1. The molecule has 1 aromatic rings. The maximum atomic E-state index is 11.6. The highest BCUT2D eigenvalue weighted by molar-refractivity contribution is 6.28. The molecule has 0 aliphatic rings. The average Bonchev–Trinajstić information content (AvgIpc) is 3.03. The van der Waals surface area contributed by atoms with Gasteiger partial charge in [-0.3, -0.25) is 4.79 Å². The van der Waals surface area contributed by atoms with Crippen LogP contribution in [0.15, 0.2) is 18.3 Å². The van der Waals surface area contributed by atoms with Gasteiger partial charge in [-0.1, -0.05) is 103 Å². The van der Waals surface area contributed by atoms with Gasteiger partial charge < -0.3 is 54.6 Å². The molecule has 12 heteroatoms. The second kappa shape index (κ2) is 33.1. The molecule has 46 heavy (non-hydrogen) atoms. The number of aryl methyl sites for hydroxylation is 1. The Labute approximate surface area is 300 Å². The summed E-state index contributed by atoms with van der Waals surface area (Å²) >= 11 is 5.91. The van der Waals surface area contributed by atoms with Gasteiger partial charge in [0.05, 0.1) is 0 Å². The van der Waals surface area contributed by atoms with E-state index in [0.29, 0.717) is 23.8 Å². The highest BCUT2D eigenvalue weighted by Crippen LogP contribution is 2.13. The first kappa shape index (κ1) is 46.3. The number of nitrogens with two attached hydrogens (primary N) is 1. The first-order valence-electron chi connectivity index (χ1n) is 17.1. The highest BCUT2D eigenvalue weighted by Gasteiger charge is 2.13. The molecule has 0 saturated heterocycles. The van der Waals surface area contributed by atoms with E-state index in [1.807, 2.05) is 18.4 Å². The molecule has 1 rings (SSSR count). The van der Waals surface area contributed by atoms with E-state index in [9.17, 15) is 14.4 Å². The zero-order valence-electron chi connectivity index (χ0n) is 28.9. The van der Waals surface area contributed by atoms with Crippen LogP contribution in [0, 0.1) is 0 Å². The van der Waals surface area contributed by atoms with Gasteiger partial charge in [-0.25, -0.2) is 9.59 Å². The number of carbonyl (C=O) groups is 3. The van der Waals surface area contributed by atoms with Crippen LogP contribution in [0.25, 0.3) is 0 Å². The van der Waals surface area contributed by atoms with Crippen molar-refractivity contribution in [3.63, 3.8) is 0 Å². The quantitative estimate of drug-likeness (QED) is 0.0580. The number of pyridine rings is 1. The van der Waals surface area contributed by atoms with Gasteiger partial charge in [0.15, 0.2) is 6.20 Å². The van der Waals surface area contributed by atoms with Crippen LogP contribution in [0.4, 0.5) is 9.59 Å². The van der Waals surface area contributed by atoms with Crippen molar-refractivity contribution >= 4 is 29.7 Å². The van der Waals surface area contributed by atoms with E-state index in [2.05, 4.69) is 22.3 Å². The molecule has 1 aromatic heterocycles. The first-order valence-corrected chi connectivity index (χ1v) is 17.5. The number of amides is 3. The van der Waals surface area contributed by atoms with Crippen molar-refractivity contribution < 1.29 is 57.1 Å². The van der Waals surface area contributed by atoms with Crippen molar-refractivity contribution in [3.8, 4) is 0 Å². The van der Waals surface area contributed by atoms with Gasteiger partial charge in [0.25, 0.3) is 11.1 Å². The number of ether oxygens (including phenoxy) is 3. The summed E-state index contributed by atoms with van der Waals surface area (Å²) in [6, 6.07) is 3.45. The van der Waals surface area contributed by atoms with E-state index in [-0.39, 0.29) is 43.1 Å². The lowest BCUT2D eigenvalue weighted by atomic mass is 10.0. The van der Waals surface area contributed by atoms with Crippen LogP contribution in [0.5, 0.6) is 0 Å². The summed E-state index contributed by atoms with van der Waals surface area (Å²) < 4.78 is 16.6. The average molecular weight is 785 g/mol. The number of nitrogens with one attached hydrogen (secondary N) is 2. The Hall–Kier alpha value is -1.86. The molecular weight excluding hydrogens is 723 g/mol. The monoisotopic (exact) mass is 784 g/mol. The summed E-state index contributed by atoms with van der Waals surface area (Å²) in [4.78, 5) is 33.7. The molecule has 1 heterocycles. The lowest BCUT2D eigenvalue weighted by Crippen LogP contribution is -3.00. The van der Waals surface area contributed by atoms with Crippen molar-refractivity contribution in [2.45, 2.75) is 136 Å². The van der Waals surface area contributed by atoms with E-state index in [4.69, 9.17) is 26.8 Å². The van der Waals surface area contributed by atoms with Gasteiger partial charge >= 0.3 is 12.2 Å². The number of carbonyl (C=O) groups excluding carboxylic acids is 3. The summed E-state index contributed by atoms with van der Waals surface area (Å²) in [5.74, 6) is -0.0635. The summed E-state index contributed by atoms with van der Waals surface area (Å²) in [7, 11) is 1.45. The third kappa shape index (κ3) is 27.3. The highest BCUT2D eigenvalue weighted by atomic mass is 127. The molecule has 0 bridgehead atoms. The van der Waals surface area contributed by atoms with E-state index in [1.54, 1.807) is 18.3 Å². The Kier molecular flexibility index (Phi) is 33.2. The third-order valence-corrected chi connectivity index (χ3v) is 7.70. The van der Waals surface area contributed by atoms with Gasteiger partial charge in [0.2, 0.25) is 0 Å². The number of aromatic nitrogens is 1. The van der Waals surface area contributed by atoms with Gasteiger partial charge in [-0.2, -0.15) is 4.57 Å². The number of hydrogen-bond donors (Lipinski definition) is 3. The summed E-state index contributed by atoms with van der Waals surface area (Å²) in [6.45, 7) is 8.10. The van der Waals surface area contributed by atoms with E-state index >= 15 is 0 Å². The van der Waals surface area contributed by atoms with Crippen molar-refractivity contribution in [1.29, 1.82) is 0 Å². The smallest absolute Gasteiger partial charge is 0.407 e. The molecule has 0 radical (unpaired) electrons. The Morgan fingerprint density at radius 1 is 0.783 bits per heavy atom. The van der Waals surface area contributed by atoms with Gasteiger partial charge in [-0.05, 0) is 37.9 Å². The molecule has 268 valence electrons. The minimum atomic E-state index is -0.880. The normalized spacial score (nSPS) is 11.0. The topological polar surface area (TPSA) is 133 Å². The molecule has 4 N–H and O–H groups in total. The number of rotatable bonds is 25. The van der Waals surface area contributed by atoms with Crippen LogP contribution in [0.2, 0.25) is 5.15 Å². The fraction of sp³-hybridized carbons (Fsp3) is 0.765. The molecule has 1 atom stereocenters. The molecule has 1 unspecified atom stereocenters. The van der Waals surface area contributed by atoms with Crippen molar-refractivity contribution in [1.82, 2.24) is 10.6 Å². The lowest BCUT2D eigenvalue weighted by Gasteiger charge is -2.15. The van der Waals surface area contributed by atoms with E-state index < -0.39 is 18.3 Å². The minimum absolute atomic E-state index is 0. The Morgan fingerprint density at radius 3 is 1.74 bits per heavy atom. The fourth-order valence-electron chi connectivity index (χ4n) is 4.61. The van der Waals surface area contributed by atoms with Gasteiger partial charge in [0, 0.05) is 26.3 Å². The zero-order chi connectivity index (χ0) is 33.5. The number of hydrogen-bond acceptors (Lipinski definition) is 6. The largest absolute Gasteiger partial charge is 1.00 e. The second-order valence-electron chi connectivity index (χ2n) is 11.2. The predicted octanol–water partition coefficient (Wildman–Crippen LogP) is 4.49. The zero-order valence-corrected chi connectivity index (χ0v) is 31.8. The summed E-state index contributed by atoms with van der Waals surface area (Å²) in [5.41, 5.74) is 5.53. The number of nitrogens with zero attached hydrogens (tertiary/aromatic N) is 1. The van der Waals surface area contributed by atoms with Crippen LogP contribution < -0.4 is 44.9 Å². The number of primary amides is 1. The van der Waals surface area contributed by atoms with Gasteiger partial charge in [0.1, 0.15) is 31.4 Å². The predicted molar refractivity (Wildman–Crippen MR) is 181 cm³/mol. The second-order valence-corrected chi connectivity index (χ2v) is 11.6. The molecule has 3 amide bonds. The van der Waals surface area contributed by atoms with Crippen molar-refractivity contribution in [2.24, 2.45) is 5.73 Å². The molecular formula is C34H62ClIN4O6. The molecule has 0 spiro atoms. The van der Waals surface area contributed by atoms with Crippen LogP contribution in [0.3, 0.4) is 0 Å². The number of unbranched alkanes of at least 4 members (excludes halogenated alkanes) is 15. The van der Waals surface area contributed by atoms with Crippen molar-refractivity contribution in [3.05, 3.63) is 29.0 Å². The SMILES string of the molecule is CCCCCCCCCCCCCCCCCCNC(=O)OCC(COC(N)=O)OC.CCNC(=O)c1ccc(Cl)[n+](CC)c1.[I-]. The van der Waals surface area contributed by atoms with Crippen LogP contribution in [-0.2, 0) is 20.8 Å². The van der Waals surface area contributed by atoms with Crippen LogP contribution in [0.1, 0.15) is 134 Å². The molecule has 10 nitrogen and oxygen atoms in total. The molecule has 0 aliphatic heterocycles. The number of alkyl carbamates (subject to hydrolysis) is 1. The summed E-state index contributed by atoms with van der Waals surface area (Å²) in [6.07, 6.45) is 21.1. The molecule has 0 saturated carbocycles. The molecule has 0 fully saturated rings. The Morgan fingerprint density at radius 2 is 1.28 bits per heavy atom. The first-order chi connectivity index (χ1) is 21.8. The Bertz CT molecular complexity index is 912. The summed E-state index contributed by atoms with van der Waals surface area (Å²) in [5, 5.41) is 6.10.